The molecule has 0 heterocycles. The molecule has 5 heteroatoms. The maximum Gasteiger partial charge on any atom is 0.182 e. The fraction of sp³-hybridized carbons (Fsp3) is 0.278. The molecule has 1 saturated carbocycles. The smallest absolute Gasteiger partial charge is 0.182 e. The summed E-state index contributed by atoms with van der Waals surface area (Å²) in [5.74, 6) is -0.439. The van der Waals surface area contributed by atoms with Crippen molar-refractivity contribution in [3.63, 3.8) is 0 Å². The van der Waals surface area contributed by atoms with Gasteiger partial charge in [-0.05, 0) is 29.7 Å². The molecule has 0 bridgehead atoms. The Morgan fingerprint density at radius 2 is 1.70 bits per heavy atom. The van der Waals surface area contributed by atoms with Crippen LogP contribution in [-0.2, 0) is 16.3 Å². The standard InChI is InChI=1S/C18H19NO2S2/c1-2-12-8-10-13(11-9-12)15-16(18(19)22)17(15)23(20,21)14-6-4-3-5-7-14/h3-11,15-17H,2H2,1H3,(H2,19,22)/t15-,16-,17-/m1/s1. The first-order valence-electron chi connectivity index (χ1n) is 7.64. The largest absolute Gasteiger partial charge is 0.393 e. The van der Waals surface area contributed by atoms with E-state index in [1.165, 1.54) is 5.56 Å². The van der Waals surface area contributed by atoms with Gasteiger partial charge in [0, 0.05) is 11.8 Å². The molecule has 1 aliphatic carbocycles. The van der Waals surface area contributed by atoms with Gasteiger partial charge in [-0.1, -0.05) is 61.6 Å². The monoisotopic (exact) mass is 345 g/mol. The van der Waals surface area contributed by atoms with E-state index in [4.69, 9.17) is 18.0 Å². The van der Waals surface area contributed by atoms with Crippen LogP contribution >= 0.6 is 12.2 Å². The molecule has 0 aromatic heterocycles. The second kappa shape index (κ2) is 6.06. The van der Waals surface area contributed by atoms with Crippen LogP contribution in [0.25, 0.3) is 0 Å². The molecule has 0 aliphatic heterocycles. The lowest BCUT2D eigenvalue weighted by Gasteiger charge is -2.04. The maximum atomic E-state index is 12.9. The summed E-state index contributed by atoms with van der Waals surface area (Å²) in [5, 5.41) is -0.560. The van der Waals surface area contributed by atoms with E-state index in [2.05, 4.69) is 6.92 Å². The fourth-order valence-corrected chi connectivity index (χ4v) is 5.70. The summed E-state index contributed by atoms with van der Waals surface area (Å²) in [7, 11) is -3.44. The molecule has 120 valence electrons. The minimum absolute atomic E-state index is 0.149. The zero-order chi connectivity index (χ0) is 16.6. The molecule has 2 aromatic carbocycles. The van der Waals surface area contributed by atoms with Crippen LogP contribution in [0.3, 0.4) is 0 Å². The number of rotatable bonds is 5. The highest BCUT2D eigenvalue weighted by Crippen LogP contribution is 2.54. The van der Waals surface area contributed by atoms with Crippen LogP contribution in [0, 0.1) is 5.92 Å². The number of sulfone groups is 1. The molecule has 3 rings (SSSR count). The van der Waals surface area contributed by atoms with Gasteiger partial charge in [0.15, 0.2) is 9.84 Å². The van der Waals surface area contributed by atoms with Crippen molar-refractivity contribution in [2.45, 2.75) is 29.4 Å². The molecule has 3 atom stereocenters. The van der Waals surface area contributed by atoms with Gasteiger partial charge in [-0.2, -0.15) is 0 Å². The Hall–Kier alpha value is -1.72. The van der Waals surface area contributed by atoms with Crippen LogP contribution in [0.1, 0.15) is 24.0 Å². The molecule has 2 aromatic rings. The Kier molecular flexibility index (Phi) is 4.25. The number of hydrogen-bond acceptors (Lipinski definition) is 3. The highest BCUT2D eigenvalue weighted by Gasteiger charge is 2.60. The van der Waals surface area contributed by atoms with Crippen LogP contribution < -0.4 is 5.73 Å². The van der Waals surface area contributed by atoms with E-state index in [0.717, 1.165) is 12.0 Å². The van der Waals surface area contributed by atoms with Crippen molar-refractivity contribution in [2.24, 2.45) is 11.7 Å². The molecule has 0 spiro atoms. The van der Waals surface area contributed by atoms with Crippen molar-refractivity contribution in [1.82, 2.24) is 0 Å². The average Bonchev–Trinajstić information content (AvgIpc) is 3.32. The summed E-state index contributed by atoms with van der Waals surface area (Å²) >= 11 is 5.12. The summed E-state index contributed by atoms with van der Waals surface area (Å²) in [5.41, 5.74) is 8.03. The molecule has 2 N–H and O–H groups in total. The Bertz CT molecular complexity index is 814. The van der Waals surface area contributed by atoms with Gasteiger partial charge in [-0.25, -0.2) is 8.42 Å². The molecule has 0 saturated heterocycles. The number of nitrogens with two attached hydrogens (primary N) is 1. The van der Waals surface area contributed by atoms with Crippen molar-refractivity contribution < 1.29 is 8.42 Å². The number of benzene rings is 2. The van der Waals surface area contributed by atoms with Crippen molar-refractivity contribution in [3.8, 4) is 0 Å². The second-order valence-electron chi connectivity index (χ2n) is 5.87. The summed E-state index contributed by atoms with van der Waals surface area (Å²) in [6.45, 7) is 2.09. The van der Waals surface area contributed by atoms with E-state index in [1.807, 2.05) is 24.3 Å². The van der Waals surface area contributed by atoms with Gasteiger partial charge < -0.3 is 5.73 Å². The third kappa shape index (κ3) is 2.91. The minimum Gasteiger partial charge on any atom is -0.393 e. The first kappa shape index (κ1) is 16.1. The Balaban J connectivity index is 1.96. The van der Waals surface area contributed by atoms with E-state index < -0.39 is 15.1 Å². The minimum atomic E-state index is -3.44. The lowest BCUT2D eigenvalue weighted by atomic mass is 10.1. The van der Waals surface area contributed by atoms with Gasteiger partial charge in [0.05, 0.1) is 15.1 Å². The van der Waals surface area contributed by atoms with Crippen LogP contribution in [0.2, 0.25) is 0 Å². The maximum absolute atomic E-state index is 12.9. The van der Waals surface area contributed by atoms with Crippen LogP contribution in [0.15, 0.2) is 59.5 Å². The van der Waals surface area contributed by atoms with Crippen LogP contribution in [-0.4, -0.2) is 18.7 Å². The Morgan fingerprint density at radius 1 is 1.09 bits per heavy atom. The zero-order valence-electron chi connectivity index (χ0n) is 12.8. The quantitative estimate of drug-likeness (QED) is 0.846. The molecular weight excluding hydrogens is 326 g/mol. The van der Waals surface area contributed by atoms with Gasteiger partial charge in [0.1, 0.15) is 0 Å². The fourth-order valence-electron chi connectivity index (χ4n) is 3.15. The van der Waals surface area contributed by atoms with Gasteiger partial charge in [-0.15, -0.1) is 0 Å². The summed E-state index contributed by atoms with van der Waals surface area (Å²) in [4.78, 5) is 0.609. The van der Waals surface area contributed by atoms with Crippen molar-refractivity contribution in [3.05, 3.63) is 65.7 Å². The second-order valence-corrected chi connectivity index (χ2v) is 8.45. The molecule has 1 aliphatic rings. The molecule has 1 fully saturated rings. The van der Waals surface area contributed by atoms with E-state index in [9.17, 15) is 8.42 Å². The summed E-state index contributed by atoms with van der Waals surface area (Å²) < 4.78 is 25.8. The normalized spacial score (nSPS) is 23.4. The predicted molar refractivity (Wildman–Crippen MR) is 96.3 cm³/mol. The molecular formula is C18H19NO2S2. The number of aryl methyl sites for hydroxylation is 1. The SMILES string of the molecule is CCc1ccc([C@@H]2[C@@H](C(N)=S)[C@@H]2S(=O)(=O)c2ccccc2)cc1. The zero-order valence-corrected chi connectivity index (χ0v) is 14.5. The van der Waals surface area contributed by atoms with Crippen molar-refractivity contribution in [1.29, 1.82) is 0 Å². The van der Waals surface area contributed by atoms with Gasteiger partial charge in [0.25, 0.3) is 0 Å². The summed E-state index contributed by atoms with van der Waals surface area (Å²) in [6, 6.07) is 16.6. The van der Waals surface area contributed by atoms with E-state index in [-0.39, 0.29) is 16.8 Å². The van der Waals surface area contributed by atoms with E-state index in [0.29, 0.717) is 4.90 Å². The van der Waals surface area contributed by atoms with E-state index >= 15 is 0 Å². The highest BCUT2D eigenvalue weighted by molar-refractivity contribution is 7.92. The van der Waals surface area contributed by atoms with Crippen LogP contribution in [0.5, 0.6) is 0 Å². The number of thiocarbonyl (C=S) groups is 1. The molecule has 0 radical (unpaired) electrons. The van der Waals surface area contributed by atoms with Gasteiger partial charge in [-0.3, -0.25) is 0 Å². The Morgan fingerprint density at radius 3 is 2.22 bits per heavy atom. The first-order chi connectivity index (χ1) is 11.0. The van der Waals surface area contributed by atoms with Crippen molar-refractivity contribution in [2.75, 3.05) is 0 Å². The topological polar surface area (TPSA) is 60.2 Å². The molecule has 0 unspecified atom stereocenters. The van der Waals surface area contributed by atoms with Gasteiger partial charge >= 0.3 is 0 Å². The molecule has 23 heavy (non-hydrogen) atoms. The first-order valence-corrected chi connectivity index (χ1v) is 9.59. The van der Waals surface area contributed by atoms with E-state index in [1.54, 1.807) is 30.3 Å². The molecule has 3 nitrogen and oxygen atoms in total. The Labute approximate surface area is 142 Å². The lowest BCUT2D eigenvalue weighted by Crippen LogP contribution is -2.17. The van der Waals surface area contributed by atoms with Crippen molar-refractivity contribution >= 4 is 27.0 Å². The van der Waals surface area contributed by atoms with Crippen LogP contribution in [0.4, 0.5) is 0 Å². The molecule has 0 amide bonds. The highest BCUT2D eigenvalue weighted by atomic mass is 32.2. The lowest BCUT2D eigenvalue weighted by molar-refractivity contribution is 0.593. The van der Waals surface area contributed by atoms with Gasteiger partial charge in [0.2, 0.25) is 0 Å². The summed E-state index contributed by atoms with van der Waals surface area (Å²) in [6.07, 6.45) is 0.954. The third-order valence-electron chi connectivity index (χ3n) is 4.49. The number of hydrogen-bond donors (Lipinski definition) is 1. The third-order valence-corrected chi connectivity index (χ3v) is 6.99. The predicted octanol–water partition coefficient (Wildman–Crippen LogP) is 3.09. The average molecular weight is 345 g/mol.